The Morgan fingerprint density at radius 2 is 1.86 bits per heavy atom. The van der Waals surface area contributed by atoms with Gasteiger partial charge in [0.05, 0.1) is 0 Å². The van der Waals surface area contributed by atoms with Crippen LogP contribution in [0.2, 0.25) is 6.04 Å². The van der Waals surface area contributed by atoms with Crippen molar-refractivity contribution in [2.75, 3.05) is 20.8 Å². The van der Waals surface area contributed by atoms with E-state index >= 15 is 0 Å². The molecule has 0 amide bonds. The Hall–Kier alpha value is -1.30. The van der Waals surface area contributed by atoms with E-state index in [0.717, 1.165) is 44.0 Å². The summed E-state index contributed by atoms with van der Waals surface area (Å²) >= 11 is 0. The SMILES string of the molecule is CO[Si](CCCN=C1CCC(=N)C1)(OC)c1ccccc1. The topological polar surface area (TPSA) is 54.7 Å². The van der Waals surface area contributed by atoms with Crippen LogP contribution in [0.25, 0.3) is 0 Å². The lowest BCUT2D eigenvalue weighted by Gasteiger charge is -2.27. The summed E-state index contributed by atoms with van der Waals surface area (Å²) in [5, 5.41) is 8.79. The standard InChI is InChI=1S/C16H24N2O2Si/c1-19-21(20-2,16-7-4-3-5-8-16)12-6-11-18-15-10-9-14(17)13-15/h3-5,7-8,17H,6,9-13H2,1-2H3. The molecule has 0 aromatic heterocycles. The normalized spacial score (nSPS) is 17.6. The molecule has 1 aliphatic rings. The molecule has 1 saturated carbocycles. The molecule has 4 nitrogen and oxygen atoms in total. The number of aliphatic imine (C=N–C) groups is 1. The number of nitrogens with one attached hydrogen (secondary N) is 1. The fourth-order valence-electron chi connectivity index (χ4n) is 2.76. The van der Waals surface area contributed by atoms with Gasteiger partial charge in [-0.05, 0) is 30.5 Å². The molecule has 2 rings (SSSR count). The fourth-order valence-corrected chi connectivity index (χ4v) is 5.42. The largest absolute Gasteiger partial charge is 0.394 e. The van der Waals surface area contributed by atoms with Crippen molar-refractivity contribution in [1.82, 2.24) is 0 Å². The third-order valence-electron chi connectivity index (χ3n) is 4.01. The highest BCUT2D eigenvalue weighted by atomic mass is 28.4. The number of hydrogen-bond acceptors (Lipinski definition) is 4. The van der Waals surface area contributed by atoms with Gasteiger partial charge in [-0.1, -0.05) is 30.3 Å². The van der Waals surface area contributed by atoms with Crippen LogP contribution in [0.5, 0.6) is 0 Å². The van der Waals surface area contributed by atoms with E-state index in [-0.39, 0.29) is 0 Å². The monoisotopic (exact) mass is 304 g/mol. The molecule has 0 saturated heterocycles. The van der Waals surface area contributed by atoms with Crippen LogP contribution >= 0.6 is 0 Å². The van der Waals surface area contributed by atoms with Crippen molar-refractivity contribution in [3.63, 3.8) is 0 Å². The number of nitrogens with zero attached hydrogens (tertiary/aromatic N) is 1. The summed E-state index contributed by atoms with van der Waals surface area (Å²) in [6.45, 7) is 0.802. The third-order valence-corrected chi connectivity index (χ3v) is 7.55. The molecule has 114 valence electrons. The van der Waals surface area contributed by atoms with Gasteiger partial charge in [0.1, 0.15) is 0 Å². The summed E-state index contributed by atoms with van der Waals surface area (Å²) in [6.07, 6.45) is 3.59. The van der Waals surface area contributed by atoms with Crippen LogP contribution in [0.4, 0.5) is 0 Å². The Kier molecular flexibility index (Phi) is 5.84. The summed E-state index contributed by atoms with van der Waals surface area (Å²) in [6, 6.07) is 11.1. The Labute approximate surface area is 128 Å². The van der Waals surface area contributed by atoms with Gasteiger partial charge in [-0.3, -0.25) is 4.99 Å². The van der Waals surface area contributed by atoms with Crippen molar-refractivity contribution in [2.45, 2.75) is 31.7 Å². The van der Waals surface area contributed by atoms with E-state index in [1.54, 1.807) is 14.2 Å². The van der Waals surface area contributed by atoms with E-state index < -0.39 is 8.56 Å². The molecule has 1 N–H and O–H groups in total. The number of benzene rings is 1. The molecule has 5 heteroatoms. The highest BCUT2D eigenvalue weighted by Crippen LogP contribution is 2.16. The van der Waals surface area contributed by atoms with Crippen LogP contribution < -0.4 is 5.19 Å². The zero-order valence-electron chi connectivity index (χ0n) is 12.9. The minimum Gasteiger partial charge on any atom is -0.394 e. The lowest BCUT2D eigenvalue weighted by atomic mass is 10.3. The quantitative estimate of drug-likeness (QED) is 0.622. The molecule has 0 heterocycles. The van der Waals surface area contributed by atoms with Gasteiger partial charge in [0.2, 0.25) is 0 Å². The Morgan fingerprint density at radius 3 is 2.43 bits per heavy atom. The number of rotatable bonds is 7. The van der Waals surface area contributed by atoms with Crippen molar-refractivity contribution in [2.24, 2.45) is 4.99 Å². The van der Waals surface area contributed by atoms with E-state index in [4.69, 9.17) is 14.3 Å². The first-order valence-electron chi connectivity index (χ1n) is 7.44. The van der Waals surface area contributed by atoms with Crippen LogP contribution in [-0.2, 0) is 8.85 Å². The van der Waals surface area contributed by atoms with Gasteiger partial charge in [-0.15, -0.1) is 0 Å². The second-order valence-corrected chi connectivity index (χ2v) is 8.76. The average molecular weight is 304 g/mol. The fraction of sp³-hybridized carbons (Fsp3) is 0.500. The molecular weight excluding hydrogens is 280 g/mol. The van der Waals surface area contributed by atoms with Crippen LogP contribution in [0.3, 0.4) is 0 Å². The van der Waals surface area contributed by atoms with E-state index in [1.807, 2.05) is 18.2 Å². The van der Waals surface area contributed by atoms with Crippen LogP contribution in [0, 0.1) is 5.41 Å². The molecule has 21 heavy (non-hydrogen) atoms. The van der Waals surface area contributed by atoms with Gasteiger partial charge < -0.3 is 14.3 Å². The second kappa shape index (κ2) is 7.63. The molecule has 1 fully saturated rings. The van der Waals surface area contributed by atoms with Crippen molar-refractivity contribution >= 4 is 25.2 Å². The minimum absolute atomic E-state index is 0.774. The smallest absolute Gasteiger partial charge is 0.372 e. The highest BCUT2D eigenvalue weighted by Gasteiger charge is 2.37. The Bertz CT molecular complexity index is 498. The molecule has 0 aliphatic heterocycles. The Balaban J connectivity index is 1.93. The molecule has 0 atom stereocenters. The summed E-state index contributed by atoms with van der Waals surface area (Å²) in [4.78, 5) is 4.63. The van der Waals surface area contributed by atoms with E-state index in [2.05, 4.69) is 17.1 Å². The molecule has 1 aromatic rings. The predicted molar refractivity (Wildman–Crippen MR) is 89.2 cm³/mol. The van der Waals surface area contributed by atoms with E-state index in [1.165, 1.54) is 10.9 Å². The van der Waals surface area contributed by atoms with E-state index in [0.29, 0.717) is 0 Å². The van der Waals surface area contributed by atoms with Gasteiger partial charge in [0.25, 0.3) is 0 Å². The third kappa shape index (κ3) is 4.09. The maximum absolute atomic E-state index is 7.62. The average Bonchev–Trinajstić information content (AvgIpc) is 2.94. The van der Waals surface area contributed by atoms with Crippen LogP contribution in [0.1, 0.15) is 25.7 Å². The van der Waals surface area contributed by atoms with Crippen LogP contribution in [0.15, 0.2) is 35.3 Å². The first kappa shape index (κ1) is 16.1. The van der Waals surface area contributed by atoms with Gasteiger partial charge in [-0.2, -0.15) is 0 Å². The molecule has 1 aromatic carbocycles. The van der Waals surface area contributed by atoms with Crippen molar-refractivity contribution < 1.29 is 8.85 Å². The number of hydrogen-bond donors (Lipinski definition) is 1. The molecular formula is C16H24N2O2Si. The second-order valence-electron chi connectivity index (χ2n) is 5.36. The summed E-state index contributed by atoms with van der Waals surface area (Å²) in [5.41, 5.74) is 2.00. The predicted octanol–water partition coefficient (Wildman–Crippen LogP) is 2.66. The Morgan fingerprint density at radius 1 is 1.14 bits per heavy atom. The van der Waals surface area contributed by atoms with Crippen molar-refractivity contribution in [1.29, 1.82) is 5.41 Å². The maximum atomic E-state index is 7.62. The molecule has 0 radical (unpaired) electrons. The molecule has 0 unspecified atom stereocenters. The van der Waals surface area contributed by atoms with Gasteiger partial charge in [0, 0.05) is 38.6 Å². The van der Waals surface area contributed by atoms with Gasteiger partial charge >= 0.3 is 8.56 Å². The molecule has 0 bridgehead atoms. The van der Waals surface area contributed by atoms with E-state index in [9.17, 15) is 0 Å². The molecule has 1 aliphatic carbocycles. The zero-order valence-corrected chi connectivity index (χ0v) is 13.9. The zero-order chi connectivity index (χ0) is 15.1. The van der Waals surface area contributed by atoms with Crippen LogP contribution in [-0.4, -0.2) is 40.7 Å². The molecule has 0 spiro atoms. The first-order valence-corrected chi connectivity index (χ1v) is 9.47. The lowest BCUT2D eigenvalue weighted by molar-refractivity contribution is 0.256. The van der Waals surface area contributed by atoms with Gasteiger partial charge in [-0.25, -0.2) is 0 Å². The minimum atomic E-state index is -2.32. The first-order chi connectivity index (χ1) is 10.2. The maximum Gasteiger partial charge on any atom is 0.372 e. The summed E-state index contributed by atoms with van der Waals surface area (Å²) in [7, 11) is 1.16. The van der Waals surface area contributed by atoms with Gasteiger partial charge in [0.15, 0.2) is 0 Å². The van der Waals surface area contributed by atoms with Crippen molar-refractivity contribution in [3.8, 4) is 0 Å². The lowest BCUT2D eigenvalue weighted by Crippen LogP contribution is -2.52. The summed E-state index contributed by atoms with van der Waals surface area (Å²) in [5.74, 6) is 0. The summed E-state index contributed by atoms with van der Waals surface area (Å²) < 4.78 is 11.6. The highest BCUT2D eigenvalue weighted by molar-refractivity contribution is 6.81. The van der Waals surface area contributed by atoms with Crippen molar-refractivity contribution in [3.05, 3.63) is 30.3 Å².